The van der Waals surface area contributed by atoms with E-state index < -0.39 is 0 Å². The summed E-state index contributed by atoms with van der Waals surface area (Å²) >= 11 is 0. The van der Waals surface area contributed by atoms with Crippen LogP contribution < -0.4 is 10.6 Å². The summed E-state index contributed by atoms with van der Waals surface area (Å²) in [6.07, 6.45) is 7.68. The number of nitrogens with one attached hydrogen (secondary N) is 3. The normalized spacial score (nSPS) is 12.9. The molecule has 1 aliphatic heterocycles. The summed E-state index contributed by atoms with van der Waals surface area (Å²) in [4.78, 5) is 35.5. The molecule has 0 fully saturated rings. The lowest BCUT2D eigenvalue weighted by molar-refractivity contribution is 0.0951. The number of fused-ring (bicyclic) bond motifs is 3. The van der Waals surface area contributed by atoms with Gasteiger partial charge in [0.2, 0.25) is 0 Å². The molecular formula is C23H21N7O2. The van der Waals surface area contributed by atoms with Gasteiger partial charge in [-0.05, 0) is 53.4 Å². The van der Waals surface area contributed by atoms with Gasteiger partial charge in [-0.3, -0.25) is 14.9 Å². The predicted molar refractivity (Wildman–Crippen MR) is 119 cm³/mol. The van der Waals surface area contributed by atoms with Crippen molar-refractivity contribution in [3.8, 4) is 0 Å². The highest BCUT2D eigenvalue weighted by molar-refractivity contribution is 5.97. The Morgan fingerprint density at radius 1 is 1.12 bits per heavy atom. The minimum absolute atomic E-state index is 0.208. The smallest absolute Gasteiger partial charge is 0.322 e. The van der Waals surface area contributed by atoms with Crippen molar-refractivity contribution < 1.29 is 9.59 Å². The van der Waals surface area contributed by atoms with Gasteiger partial charge in [0.25, 0.3) is 5.91 Å². The number of H-pyrrole nitrogens is 1. The molecular weight excluding hydrogens is 406 g/mol. The molecule has 3 aromatic heterocycles. The average Bonchev–Trinajstić information content (AvgIpc) is 3.32. The minimum Gasteiger partial charge on any atom is -0.348 e. The van der Waals surface area contributed by atoms with Crippen molar-refractivity contribution in [2.75, 3.05) is 11.9 Å². The fraction of sp³-hybridized carbons (Fsp3) is 0.174. The van der Waals surface area contributed by atoms with Crippen molar-refractivity contribution >= 4 is 28.7 Å². The van der Waals surface area contributed by atoms with Crippen molar-refractivity contribution in [1.29, 1.82) is 0 Å². The van der Waals surface area contributed by atoms with Crippen LogP contribution in [0.15, 0.2) is 61.2 Å². The Labute approximate surface area is 183 Å². The molecule has 3 N–H and O–H groups in total. The molecule has 5 rings (SSSR count). The second-order valence-electron chi connectivity index (χ2n) is 7.61. The zero-order valence-electron chi connectivity index (χ0n) is 17.2. The third-order valence-corrected chi connectivity index (χ3v) is 5.54. The van der Waals surface area contributed by atoms with E-state index in [9.17, 15) is 9.59 Å². The lowest BCUT2D eigenvalue weighted by Gasteiger charge is -2.29. The SMILES string of the molecule is O=C(NCc1ccncc1)c1cccc(NC(=O)N2CCc3c(cnc4[nH]ncc34)C2)c1. The maximum atomic E-state index is 12.9. The van der Waals surface area contributed by atoms with Gasteiger partial charge in [0.15, 0.2) is 5.65 Å². The molecule has 32 heavy (non-hydrogen) atoms. The number of rotatable bonds is 4. The van der Waals surface area contributed by atoms with E-state index in [1.54, 1.807) is 54.0 Å². The van der Waals surface area contributed by atoms with Crippen LogP contribution in [-0.2, 0) is 19.5 Å². The Hall–Kier alpha value is -4.27. The monoisotopic (exact) mass is 427 g/mol. The van der Waals surface area contributed by atoms with Crippen LogP contribution in [0.5, 0.6) is 0 Å². The maximum Gasteiger partial charge on any atom is 0.322 e. The second kappa shape index (κ2) is 8.46. The number of benzene rings is 1. The van der Waals surface area contributed by atoms with Crippen molar-refractivity contribution in [1.82, 2.24) is 30.4 Å². The van der Waals surface area contributed by atoms with Crippen LogP contribution in [0.25, 0.3) is 11.0 Å². The highest BCUT2D eigenvalue weighted by atomic mass is 16.2. The molecule has 4 heterocycles. The van der Waals surface area contributed by atoms with Crippen LogP contribution >= 0.6 is 0 Å². The molecule has 1 aliphatic rings. The second-order valence-corrected chi connectivity index (χ2v) is 7.61. The highest BCUT2D eigenvalue weighted by Gasteiger charge is 2.23. The zero-order chi connectivity index (χ0) is 21.9. The Balaban J connectivity index is 1.23. The van der Waals surface area contributed by atoms with E-state index in [1.165, 1.54) is 5.56 Å². The summed E-state index contributed by atoms with van der Waals surface area (Å²) in [6.45, 7) is 1.47. The zero-order valence-corrected chi connectivity index (χ0v) is 17.2. The number of carbonyl (C=O) groups excluding carboxylic acids is 2. The van der Waals surface area contributed by atoms with Crippen LogP contribution in [0.2, 0.25) is 0 Å². The third kappa shape index (κ3) is 4.00. The molecule has 0 saturated heterocycles. The van der Waals surface area contributed by atoms with Gasteiger partial charge in [0, 0.05) is 54.9 Å². The average molecular weight is 427 g/mol. The van der Waals surface area contributed by atoms with Gasteiger partial charge in [-0.1, -0.05) is 6.07 Å². The largest absolute Gasteiger partial charge is 0.348 e. The summed E-state index contributed by atoms with van der Waals surface area (Å²) in [5.74, 6) is -0.208. The lowest BCUT2D eigenvalue weighted by Crippen LogP contribution is -2.39. The van der Waals surface area contributed by atoms with E-state index in [0.29, 0.717) is 30.9 Å². The number of aromatic nitrogens is 4. The van der Waals surface area contributed by atoms with Crippen molar-refractivity contribution in [2.24, 2.45) is 0 Å². The molecule has 160 valence electrons. The number of pyridine rings is 2. The summed E-state index contributed by atoms with van der Waals surface area (Å²) in [6, 6.07) is 10.4. The van der Waals surface area contributed by atoms with Gasteiger partial charge in [-0.25, -0.2) is 9.78 Å². The van der Waals surface area contributed by atoms with Gasteiger partial charge in [-0.2, -0.15) is 5.10 Å². The molecule has 0 atom stereocenters. The van der Waals surface area contributed by atoms with Crippen LogP contribution in [0.3, 0.4) is 0 Å². The molecule has 4 aromatic rings. The first-order valence-corrected chi connectivity index (χ1v) is 10.3. The summed E-state index contributed by atoms with van der Waals surface area (Å²) in [5.41, 5.74) is 4.98. The third-order valence-electron chi connectivity index (χ3n) is 5.54. The summed E-state index contributed by atoms with van der Waals surface area (Å²) < 4.78 is 0. The molecule has 1 aromatic carbocycles. The number of aromatic amines is 1. The van der Waals surface area contributed by atoms with Gasteiger partial charge in [0.1, 0.15) is 0 Å². The van der Waals surface area contributed by atoms with E-state index in [0.717, 1.165) is 28.6 Å². The van der Waals surface area contributed by atoms with Crippen LogP contribution in [0.1, 0.15) is 27.0 Å². The minimum atomic E-state index is -0.211. The van der Waals surface area contributed by atoms with Gasteiger partial charge < -0.3 is 15.5 Å². The lowest BCUT2D eigenvalue weighted by atomic mass is 9.99. The number of amides is 3. The summed E-state index contributed by atoms with van der Waals surface area (Å²) in [7, 11) is 0. The Morgan fingerprint density at radius 3 is 2.88 bits per heavy atom. The molecule has 0 radical (unpaired) electrons. The van der Waals surface area contributed by atoms with Crippen molar-refractivity contribution in [3.05, 3.63) is 83.4 Å². The predicted octanol–water partition coefficient (Wildman–Crippen LogP) is 2.87. The van der Waals surface area contributed by atoms with E-state index in [2.05, 4.69) is 30.8 Å². The van der Waals surface area contributed by atoms with E-state index in [-0.39, 0.29) is 11.9 Å². The van der Waals surface area contributed by atoms with E-state index in [4.69, 9.17) is 0 Å². The van der Waals surface area contributed by atoms with Gasteiger partial charge in [-0.15, -0.1) is 0 Å². The number of hydrogen-bond acceptors (Lipinski definition) is 5. The molecule has 9 nitrogen and oxygen atoms in total. The standard InChI is InChI=1S/C23H21N7O2/c31-22(26-11-15-4-7-24-8-5-15)16-2-1-3-18(10-16)28-23(32)30-9-6-19-17(14-30)12-25-21-20(19)13-27-29-21/h1-5,7-8,10,12-13H,6,9,11,14H2,(H,26,31)(H,28,32)(H,25,27,29). The molecule has 0 saturated carbocycles. The van der Waals surface area contributed by atoms with Crippen LogP contribution in [0.4, 0.5) is 10.5 Å². The van der Waals surface area contributed by atoms with Crippen LogP contribution in [-0.4, -0.2) is 43.5 Å². The number of carbonyl (C=O) groups is 2. The Kier molecular flexibility index (Phi) is 5.20. The van der Waals surface area contributed by atoms with E-state index in [1.807, 2.05) is 12.1 Å². The fourth-order valence-electron chi connectivity index (χ4n) is 3.85. The quantitative estimate of drug-likeness (QED) is 0.463. The molecule has 0 unspecified atom stereocenters. The van der Waals surface area contributed by atoms with Gasteiger partial charge in [0.05, 0.1) is 6.20 Å². The highest BCUT2D eigenvalue weighted by Crippen LogP contribution is 2.25. The van der Waals surface area contributed by atoms with Crippen LogP contribution in [0, 0.1) is 0 Å². The number of urea groups is 1. The number of nitrogens with zero attached hydrogens (tertiary/aromatic N) is 4. The van der Waals surface area contributed by atoms with E-state index >= 15 is 0 Å². The Morgan fingerprint density at radius 2 is 2.00 bits per heavy atom. The Bertz CT molecular complexity index is 1290. The summed E-state index contributed by atoms with van der Waals surface area (Å²) in [5, 5.41) is 13.7. The molecule has 0 bridgehead atoms. The first kappa shape index (κ1) is 19.7. The maximum absolute atomic E-state index is 12.9. The van der Waals surface area contributed by atoms with Gasteiger partial charge >= 0.3 is 6.03 Å². The van der Waals surface area contributed by atoms with Crippen molar-refractivity contribution in [3.63, 3.8) is 0 Å². The first-order chi connectivity index (χ1) is 15.7. The first-order valence-electron chi connectivity index (χ1n) is 10.3. The molecule has 9 heteroatoms. The molecule has 0 spiro atoms. The number of anilines is 1. The fourth-order valence-corrected chi connectivity index (χ4v) is 3.85. The number of hydrogen-bond donors (Lipinski definition) is 3. The molecule has 3 amide bonds. The topological polar surface area (TPSA) is 116 Å². The van der Waals surface area contributed by atoms with Crippen molar-refractivity contribution in [2.45, 2.75) is 19.5 Å². The molecule has 0 aliphatic carbocycles.